The summed E-state index contributed by atoms with van der Waals surface area (Å²) in [4.78, 5) is 27.9. The molecule has 0 saturated carbocycles. The van der Waals surface area contributed by atoms with E-state index in [-0.39, 0.29) is 5.56 Å². The highest BCUT2D eigenvalue weighted by atomic mass is 19.1. The topological polar surface area (TPSA) is 80.3 Å². The minimum atomic E-state index is -0.591. The van der Waals surface area contributed by atoms with Gasteiger partial charge in [0, 0.05) is 5.69 Å². The molecule has 0 bridgehead atoms. The second-order valence-corrected chi connectivity index (χ2v) is 5.56. The number of methoxy groups -OCH3 is 1. The van der Waals surface area contributed by atoms with Gasteiger partial charge in [-0.3, -0.25) is 4.79 Å². The van der Waals surface area contributed by atoms with Crippen molar-refractivity contribution in [2.75, 3.05) is 17.7 Å². The number of esters is 1. The van der Waals surface area contributed by atoms with Crippen LogP contribution in [0.25, 0.3) is 0 Å². The van der Waals surface area contributed by atoms with E-state index in [4.69, 9.17) is 0 Å². The Morgan fingerprint density at radius 2 is 1.81 bits per heavy atom. The van der Waals surface area contributed by atoms with Gasteiger partial charge in [-0.15, -0.1) is 0 Å². The van der Waals surface area contributed by atoms with Crippen LogP contribution in [0.3, 0.4) is 0 Å². The molecule has 3 rings (SSSR count). The molecule has 7 heteroatoms. The Kier molecular flexibility index (Phi) is 5.41. The molecular weight excluding hydrogens is 349 g/mol. The highest BCUT2D eigenvalue weighted by Gasteiger charge is 2.11. The summed E-state index contributed by atoms with van der Waals surface area (Å²) in [5.74, 6) is -1.06. The monoisotopic (exact) mass is 365 g/mol. The lowest BCUT2D eigenvalue weighted by atomic mass is 10.2. The number of hydrogen-bond acceptors (Lipinski definition) is 5. The van der Waals surface area contributed by atoms with Gasteiger partial charge in [-0.1, -0.05) is 18.2 Å². The molecule has 0 unspecified atom stereocenters. The highest BCUT2D eigenvalue weighted by molar-refractivity contribution is 6.04. The predicted molar refractivity (Wildman–Crippen MR) is 99.7 cm³/mol. The van der Waals surface area contributed by atoms with E-state index in [0.717, 1.165) is 0 Å². The molecule has 0 aliphatic carbocycles. The number of nitrogens with zero attached hydrogens (tertiary/aromatic N) is 1. The number of amides is 1. The molecule has 0 saturated heterocycles. The maximum Gasteiger partial charge on any atom is 0.337 e. The Morgan fingerprint density at radius 1 is 1.00 bits per heavy atom. The fraction of sp³-hybridized carbons (Fsp3) is 0.0500. The van der Waals surface area contributed by atoms with E-state index < -0.39 is 17.7 Å². The molecule has 3 aromatic rings. The fourth-order valence-electron chi connectivity index (χ4n) is 2.38. The minimum Gasteiger partial charge on any atom is -0.465 e. The van der Waals surface area contributed by atoms with Crippen molar-refractivity contribution in [1.82, 2.24) is 4.98 Å². The lowest BCUT2D eigenvalue weighted by molar-refractivity contribution is 0.0600. The third kappa shape index (κ3) is 4.46. The van der Waals surface area contributed by atoms with Crippen LogP contribution in [0, 0.1) is 5.82 Å². The van der Waals surface area contributed by atoms with Crippen molar-refractivity contribution in [3.63, 3.8) is 0 Å². The third-order valence-electron chi connectivity index (χ3n) is 3.70. The van der Waals surface area contributed by atoms with E-state index in [1.165, 1.54) is 31.5 Å². The molecule has 0 aliphatic heterocycles. The number of aromatic nitrogens is 1. The molecule has 2 N–H and O–H groups in total. The van der Waals surface area contributed by atoms with Gasteiger partial charge >= 0.3 is 5.97 Å². The number of benzene rings is 2. The van der Waals surface area contributed by atoms with Gasteiger partial charge in [0.2, 0.25) is 0 Å². The van der Waals surface area contributed by atoms with E-state index in [1.54, 1.807) is 42.5 Å². The summed E-state index contributed by atoms with van der Waals surface area (Å²) in [5.41, 5.74) is 1.46. The molecule has 2 aromatic carbocycles. The number of rotatable bonds is 5. The van der Waals surface area contributed by atoms with Gasteiger partial charge in [-0.25, -0.2) is 14.2 Å². The number of halogens is 1. The van der Waals surface area contributed by atoms with E-state index in [0.29, 0.717) is 22.8 Å². The van der Waals surface area contributed by atoms with Crippen LogP contribution < -0.4 is 10.6 Å². The van der Waals surface area contributed by atoms with Crippen LogP contribution in [-0.2, 0) is 4.74 Å². The second kappa shape index (κ2) is 8.09. The fourth-order valence-corrected chi connectivity index (χ4v) is 2.38. The van der Waals surface area contributed by atoms with Crippen LogP contribution in [0.5, 0.6) is 0 Å². The lowest BCUT2D eigenvalue weighted by Crippen LogP contribution is -2.13. The van der Waals surface area contributed by atoms with Crippen LogP contribution in [-0.4, -0.2) is 24.0 Å². The number of carbonyl (C=O) groups is 2. The summed E-state index contributed by atoms with van der Waals surface area (Å²) in [6, 6.07) is 15.8. The van der Waals surface area contributed by atoms with Crippen molar-refractivity contribution in [3.05, 3.63) is 83.8 Å². The first-order chi connectivity index (χ1) is 13.1. The molecule has 6 nitrogen and oxygen atoms in total. The minimum absolute atomic E-state index is 0.0423. The average molecular weight is 365 g/mol. The number of ether oxygens (including phenoxy) is 1. The van der Waals surface area contributed by atoms with Crippen LogP contribution >= 0.6 is 0 Å². The first kappa shape index (κ1) is 18.1. The standard InChI is InChI=1S/C20H16FN3O3/c1-27-20(26)13-5-4-6-14(11-13)23-18-10-9-15(12-22-18)24-19(25)16-7-2-3-8-17(16)21/h2-12H,1H3,(H,22,23)(H,24,25). The van der Waals surface area contributed by atoms with Crippen molar-refractivity contribution >= 4 is 29.1 Å². The number of anilines is 3. The van der Waals surface area contributed by atoms with Gasteiger partial charge in [0.1, 0.15) is 11.6 Å². The molecule has 1 aromatic heterocycles. The van der Waals surface area contributed by atoms with E-state index >= 15 is 0 Å². The number of hydrogen-bond donors (Lipinski definition) is 2. The Morgan fingerprint density at radius 3 is 2.52 bits per heavy atom. The molecule has 0 radical (unpaired) electrons. The molecule has 1 amide bonds. The zero-order valence-electron chi connectivity index (χ0n) is 14.4. The summed E-state index contributed by atoms with van der Waals surface area (Å²) in [7, 11) is 1.32. The highest BCUT2D eigenvalue weighted by Crippen LogP contribution is 2.18. The molecule has 136 valence electrons. The van der Waals surface area contributed by atoms with Gasteiger partial charge in [0.25, 0.3) is 5.91 Å². The first-order valence-electron chi connectivity index (χ1n) is 8.04. The predicted octanol–water partition coefficient (Wildman–Crippen LogP) is 4.00. The third-order valence-corrected chi connectivity index (χ3v) is 3.70. The largest absolute Gasteiger partial charge is 0.465 e. The van der Waals surface area contributed by atoms with Crippen molar-refractivity contribution in [2.24, 2.45) is 0 Å². The maximum absolute atomic E-state index is 13.6. The average Bonchev–Trinajstić information content (AvgIpc) is 2.69. The molecule has 0 atom stereocenters. The smallest absolute Gasteiger partial charge is 0.337 e. The van der Waals surface area contributed by atoms with Gasteiger partial charge in [-0.05, 0) is 42.5 Å². The van der Waals surface area contributed by atoms with E-state index in [1.807, 2.05) is 0 Å². The quantitative estimate of drug-likeness (QED) is 0.668. The van der Waals surface area contributed by atoms with Crippen molar-refractivity contribution < 1.29 is 18.7 Å². The van der Waals surface area contributed by atoms with Crippen molar-refractivity contribution in [1.29, 1.82) is 0 Å². The van der Waals surface area contributed by atoms with Crippen molar-refractivity contribution in [3.8, 4) is 0 Å². The van der Waals surface area contributed by atoms with Crippen LogP contribution in [0.1, 0.15) is 20.7 Å². The molecule has 1 heterocycles. The van der Waals surface area contributed by atoms with Crippen LogP contribution in [0.2, 0.25) is 0 Å². The van der Waals surface area contributed by atoms with Crippen molar-refractivity contribution in [2.45, 2.75) is 0 Å². The molecule has 0 spiro atoms. The Hall–Kier alpha value is -3.74. The summed E-state index contributed by atoms with van der Waals surface area (Å²) in [5, 5.41) is 5.64. The lowest BCUT2D eigenvalue weighted by Gasteiger charge is -2.09. The van der Waals surface area contributed by atoms with E-state index in [9.17, 15) is 14.0 Å². The molecule has 0 aliphatic rings. The normalized spacial score (nSPS) is 10.1. The second-order valence-electron chi connectivity index (χ2n) is 5.56. The Bertz CT molecular complexity index is 974. The van der Waals surface area contributed by atoms with Gasteiger partial charge in [-0.2, -0.15) is 0 Å². The first-order valence-corrected chi connectivity index (χ1v) is 8.04. The van der Waals surface area contributed by atoms with Gasteiger partial charge in [0.05, 0.1) is 30.1 Å². The molecule has 27 heavy (non-hydrogen) atoms. The van der Waals surface area contributed by atoms with Crippen LogP contribution in [0.15, 0.2) is 66.9 Å². The van der Waals surface area contributed by atoms with E-state index in [2.05, 4.69) is 20.4 Å². The zero-order valence-corrected chi connectivity index (χ0v) is 14.4. The maximum atomic E-state index is 13.6. The number of pyridine rings is 1. The van der Waals surface area contributed by atoms with Gasteiger partial charge < -0.3 is 15.4 Å². The van der Waals surface area contributed by atoms with Gasteiger partial charge in [0.15, 0.2) is 0 Å². The zero-order chi connectivity index (χ0) is 19.2. The summed E-state index contributed by atoms with van der Waals surface area (Å²) < 4.78 is 18.3. The number of nitrogens with one attached hydrogen (secondary N) is 2. The Labute approximate surface area is 155 Å². The molecular formula is C20H16FN3O3. The number of carbonyl (C=O) groups excluding carboxylic acids is 2. The SMILES string of the molecule is COC(=O)c1cccc(Nc2ccc(NC(=O)c3ccccc3F)cn2)c1. The summed E-state index contributed by atoms with van der Waals surface area (Å²) >= 11 is 0. The summed E-state index contributed by atoms with van der Waals surface area (Å²) in [6.45, 7) is 0. The Balaban J connectivity index is 1.68. The van der Waals surface area contributed by atoms with Crippen LogP contribution in [0.4, 0.5) is 21.6 Å². The molecule has 0 fully saturated rings. The summed E-state index contributed by atoms with van der Waals surface area (Å²) in [6.07, 6.45) is 1.45.